The minimum absolute atomic E-state index is 0.629. The maximum Gasteiger partial charge on any atom is 0.119 e. The molecule has 1 fully saturated rings. The Morgan fingerprint density at radius 2 is 2.28 bits per heavy atom. The lowest BCUT2D eigenvalue weighted by molar-refractivity contribution is 0.404. The Balaban J connectivity index is 1.76. The zero-order valence-corrected chi connectivity index (χ0v) is 11.5. The number of hydrogen-bond acceptors (Lipinski definition) is 4. The molecular weight excluding hydrogens is 242 g/mol. The summed E-state index contributed by atoms with van der Waals surface area (Å²) in [5.41, 5.74) is 1.11. The minimum atomic E-state index is 0.629. The molecule has 0 aliphatic carbocycles. The molecule has 96 valence electrons. The maximum absolute atomic E-state index is 4.51. The Bertz CT molecular complexity index is 516. The number of piperidine rings is 1. The van der Waals surface area contributed by atoms with Gasteiger partial charge in [0.25, 0.3) is 0 Å². The number of rotatable bonds is 3. The van der Waals surface area contributed by atoms with Crippen molar-refractivity contribution in [2.24, 2.45) is 0 Å². The monoisotopic (exact) mass is 261 g/mol. The molecule has 3 rings (SSSR count). The molecule has 0 radical (unpaired) electrons. The van der Waals surface area contributed by atoms with E-state index in [-0.39, 0.29) is 0 Å². The number of hydrogen-bond donors (Lipinski definition) is 1. The normalized spacial score (nSPS) is 20.2. The third-order valence-corrected chi connectivity index (χ3v) is 4.61. The second-order valence-corrected chi connectivity index (χ2v) is 5.78. The summed E-state index contributed by atoms with van der Waals surface area (Å²) in [4.78, 5) is 2.35. The molecule has 1 N–H and O–H groups in total. The summed E-state index contributed by atoms with van der Waals surface area (Å²) in [7, 11) is 2.18. The highest BCUT2D eigenvalue weighted by atomic mass is 32.1. The molecule has 0 amide bonds. The fraction of sp³-hybridized carbons (Fsp3) is 0.500. The third-order valence-electron chi connectivity index (χ3n) is 3.62. The van der Waals surface area contributed by atoms with Gasteiger partial charge in [0.2, 0.25) is 0 Å². The average molecular weight is 261 g/mol. The SMILES string of the molecule is CN(CC1CCCCN1)c1snc2ccccc12. The number of likely N-dealkylation sites (N-methyl/N-ethyl adjacent to an activating group) is 1. The molecule has 3 nitrogen and oxygen atoms in total. The van der Waals surface area contributed by atoms with Gasteiger partial charge in [-0.15, -0.1) is 0 Å². The van der Waals surface area contributed by atoms with Crippen molar-refractivity contribution < 1.29 is 0 Å². The van der Waals surface area contributed by atoms with E-state index in [1.807, 2.05) is 0 Å². The van der Waals surface area contributed by atoms with Crippen LogP contribution < -0.4 is 10.2 Å². The van der Waals surface area contributed by atoms with Crippen LogP contribution >= 0.6 is 11.5 Å². The van der Waals surface area contributed by atoms with Gasteiger partial charge in [-0.3, -0.25) is 0 Å². The van der Waals surface area contributed by atoms with Gasteiger partial charge in [0.1, 0.15) is 5.00 Å². The van der Waals surface area contributed by atoms with E-state index in [1.165, 1.54) is 36.2 Å². The molecule has 1 aromatic carbocycles. The van der Waals surface area contributed by atoms with Crippen LogP contribution in [0.1, 0.15) is 19.3 Å². The molecule has 1 saturated heterocycles. The van der Waals surface area contributed by atoms with Gasteiger partial charge in [0.05, 0.1) is 5.52 Å². The number of nitrogens with one attached hydrogen (secondary N) is 1. The molecule has 2 aromatic rings. The van der Waals surface area contributed by atoms with E-state index in [2.05, 4.69) is 45.9 Å². The molecule has 2 heterocycles. The summed E-state index contributed by atoms with van der Waals surface area (Å²) in [6, 6.07) is 9.02. The summed E-state index contributed by atoms with van der Waals surface area (Å²) in [5, 5.41) is 6.17. The first-order valence-corrected chi connectivity index (χ1v) is 7.41. The summed E-state index contributed by atoms with van der Waals surface area (Å²) in [5.74, 6) is 0. The van der Waals surface area contributed by atoms with Crippen molar-refractivity contribution in [1.29, 1.82) is 0 Å². The predicted molar refractivity (Wildman–Crippen MR) is 78.5 cm³/mol. The van der Waals surface area contributed by atoms with Crippen LogP contribution in [0, 0.1) is 0 Å². The fourth-order valence-corrected chi connectivity index (χ4v) is 3.47. The van der Waals surface area contributed by atoms with Crippen molar-refractivity contribution in [3.05, 3.63) is 24.3 Å². The van der Waals surface area contributed by atoms with Gasteiger partial charge in [0, 0.05) is 25.0 Å². The van der Waals surface area contributed by atoms with E-state index in [4.69, 9.17) is 0 Å². The van der Waals surface area contributed by atoms with Gasteiger partial charge in [-0.25, -0.2) is 0 Å². The standard InChI is InChI=1S/C14H19N3S/c1-17(10-11-6-4-5-9-15-11)14-12-7-2-3-8-13(12)16-18-14/h2-3,7-8,11,15H,4-6,9-10H2,1H3. The summed E-state index contributed by atoms with van der Waals surface area (Å²) in [6.07, 6.45) is 3.97. The van der Waals surface area contributed by atoms with Crippen molar-refractivity contribution in [2.45, 2.75) is 25.3 Å². The number of fused-ring (bicyclic) bond motifs is 1. The number of aromatic nitrogens is 1. The number of nitrogens with zero attached hydrogens (tertiary/aromatic N) is 2. The lowest BCUT2D eigenvalue weighted by Crippen LogP contribution is -2.42. The molecule has 1 aliphatic heterocycles. The topological polar surface area (TPSA) is 28.2 Å². The number of anilines is 1. The summed E-state index contributed by atoms with van der Waals surface area (Å²) in [6.45, 7) is 2.24. The van der Waals surface area contributed by atoms with Gasteiger partial charge in [-0.05, 0) is 43.1 Å². The highest BCUT2D eigenvalue weighted by molar-refractivity contribution is 7.11. The maximum atomic E-state index is 4.51. The highest BCUT2D eigenvalue weighted by Gasteiger charge is 2.17. The van der Waals surface area contributed by atoms with E-state index in [1.54, 1.807) is 11.5 Å². The van der Waals surface area contributed by atoms with Gasteiger partial charge in [-0.2, -0.15) is 4.37 Å². The molecule has 1 aromatic heterocycles. The molecule has 1 unspecified atom stereocenters. The van der Waals surface area contributed by atoms with Crippen LogP contribution in [0.5, 0.6) is 0 Å². The van der Waals surface area contributed by atoms with E-state index < -0.39 is 0 Å². The molecule has 1 atom stereocenters. The lowest BCUT2D eigenvalue weighted by atomic mass is 10.0. The second kappa shape index (κ2) is 5.24. The zero-order chi connectivity index (χ0) is 12.4. The molecule has 0 saturated carbocycles. The van der Waals surface area contributed by atoms with E-state index in [0.717, 1.165) is 12.1 Å². The van der Waals surface area contributed by atoms with Crippen LogP contribution in [0.25, 0.3) is 10.9 Å². The molecule has 4 heteroatoms. The first-order chi connectivity index (χ1) is 8.84. The molecule has 0 spiro atoms. The van der Waals surface area contributed by atoms with E-state index in [9.17, 15) is 0 Å². The Kier molecular flexibility index (Phi) is 3.48. The van der Waals surface area contributed by atoms with Crippen molar-refractivity contribution in [1.82, 2.24) is 9.69 Å². The fourth-order valence-electron chi connectivity index (χ4n) is 2.64. The lowest BCUT2D eigenvalue weighted by Gasteiger charge is -2.28. The van der Waals surface area contributed by atoms with Gasteiger partial charge >= 0.3 is 0 Å². The van der Waals surface area contributed by atoms with Gasteiger partial charge in [-0.1, -0.05) is 18.6 Å². The minimum Gasteiger partial charge on any atom is -0.363 e. The van der Waals surface area contributed by atoms with Crippen LogP contribution in [0.2, 0.25) is 0 Å². The van der Waals surface area contributed by atoms with Crippen LogP contribution in [-0.4, -0.2) is 30.6 Å². The molecule has 1 aliphatic rings. The van der Waals surface area contributed by atoms with Crippen molar-refractivity contribution in [2.75, 3.05) is 25.0 Å². The first kappa shape index (κ1) is 11.9. The molecule has 18 heavy (non-hydrogen) atoms. The van der Waals surface area contributed by atoms with Crippen LogP contribution in [-0.2, 0) is 0 Å². The summed E-state index contributed by atoms with van der Waals surface area (Å²) >= 11 is 1.61. The van der Waals surface area contributed by atoms with Crippen LogP contribution in [0.3, 0.4) is 0 Å². The quantitative estimate of drug-likeness (QED) is 0.921. The van der Waals surface area contributed by atoms with Crippen LogP contribution in [0.15, 0.2) is 24.3 Å². The molecule has 0 bridgehead atoms. The van der Waals surface area contributed by atoms with E-state index >= 15 is 0 Å². The Morgan fingerprint density at radius 1 is 1.39 bits per heavy atom. The Labute approximate surface area is 112 Å². The Morgan fingerprint density at radius 3 is 3.11 bits per heavy atom. The van der Waals surface area contributed by atoms with Gasteiger partial charge < -0.3 is 10.2 Å². The number of benzene rings is 1. The van der Waals surface area contributed by atoms with Crippen molar-refractivity contribution in [3.63, 3.8) is 0 Å². The highest BCUT2D eigenvalue weighted by Crippen LogP contribution is 2.30. The van der Waals surface area contributed by atoms with Crippen LogP contribution in [0.4, 0.5) is 5.00 Å². The second-order valence-electron chi connectivity index (χ2n) is 5.03. The largest absolute Gasteiger partial charge is 0.363 e. The smallest absolute Gasteiger partial charge is 0.119 e. The van der Waals surface area contributed by atoms with Crippen molar-refractivity contribution in [3.8, 4) is 0 Å². The van der Waals surface area contributed by atoms with Gasteiger partial charge in [0.15, 0.2) is 0 Å². The third kappa shape index (κ3) is 2.35. The first-order valence-electron chi connectivity index (χ1n) is 6.63. The Hall–Kier alpha value is -1.13. The van der Waals surface area contributed by atoms with Crippen molar-refractivity contribution >= 4 is 27.4 Å². The van der Waals surface area contributed by atoms with E-state index in [0.29, 0.717) is 6.04 Å². The average Bonchev–Trinajstić information content (AvgIpc) is 2.84. The zero-order valence-electron chi connectivity index (χ0n) is 10.7. The molecular formula is C14H19N3S. The summed E-state index contributed by atoms with van der Waals surface area (Å²) < 4.78 is 4.51. The predicted octanol–water partition coefficient (Wildman–Crippen LogP) is 2.87.